The lowest BCUT2D eigenvalue weighted by atomic mass is 10.1. The molecule has 1 amide bonds. The molecule has 2 rings (SSSR count). The smallest absolute Gasteiger partial charge is 0.240 e. The second-order valence-electron chi connectivity index (χ2n) is 4.85. The van der Waals surface area contributed by atoms with Crippen LogP contribution < -0.4 is 5.73 Å². The molecule has 0 radical (unpaired) electrons. The predicted molar refractivity (Wildman–Crippen MR) is 70.6 cm³/mol. The molecule has 0 aliphatic carbocycles. The number of aldehydes is 1. The molecule has 1 saturated heterocycles. The van der Waals surface area contributed by atoms with Crippen molar-refractivity contribution in [1.82, 2.24) is 4.90 Å². The van der Waals surface area contributed by atoms with E-state index in [0.29, 0.717) is 13.0 Å². The van der Waals surface area contributed by atoms with Crippen LogP contribution in [-0.4, -0.2) is 40.8 Å². The molecule has 1 aromatic rings. The number of rotatable bonds is 4. The van der Waals surface area contributed by atoms with Crippen LogP contribution in [0.5, 0.6) is 5.75 Å². The van der Waals surface area contributed by atoms with E-state index in [1.165, 1.54) is 0 Å². The molecule has 2 unspecified atom stereocenters. The lowest BCUT2D eigenvalue weighted by Gasteiger charge is -2.24. The van der Waals surface area contributed by atoms with Crippen molar-refractivity contribution in [3.8, 4) is 5.75 Å². The van der Waals surface area contributed by atoms with Crippen LogP contribution in [0, 0.1) is 0 Å². The van der Waals surface area contributed by atoms with E-state index in [0.717, 1.165) is 24.7 Å². The molecule has 0 bridgehead atoms. The molecule has 1 aromatic carbocycles. The van der Waals surface area contributed by atoms with Gasteiger partial charge in [0, 0.05) is 6.54 Å². The summed E-state index contributed by atoms with van der Waals surface area (Å²) >= 11 is 0. The first-order chi connectivity index (χ1) is 9.11. The molecule has 2 atom stereocenters. The van der Waals surface area contributed by atoms with Gasteiger partial charge in [-0.1, -0.05) is 12.1 Å². The van der Waals surface area contributed by atoms with Crippen LogP contribution in [0.3, 0.4) is 0 Å². The molecule has 0 saturated carbocycles. The monoisotopic (exact) mass is 262 g/mol. The van der Waals surface area contributed by atoms with Gasteiger partial charge in [-0.2, -0.15) is 0 Å². The predicted octanol–water partition coefficient (Wildman–Crippen LogP) is 0.452. The molecule has 1 heterocycles. The highest BCUT2D eigenvalue weighted by molar-refractivity contribution is 5.85. The van der Waals surface area contributed by atoms with Gasteiger partial charge in [-0.3, -0.25) is 4.79 Å². The fraction of sp³-hybridized carbons (Fsp3) is 0.429. The Morgan fingerprint density at radius 1 is 1.47 bits per heavy atom. The molecule has 0 spiro atoms. The number of hydrogen-bond acceptors (Lipinski definition) is 4. The van der Waals surface area contributed by atoms with Gasteiger partial charge in [-0.25, -0.2) is 0 Å². The summed E-state index contributed by atoms with van der Waals surface area (Å²) in [5, 5.41) is 9.19. The van der Waals surface area contributed by atoms with Crippen molar-refractivity contribution in [3.05, 3.63) is 29.8 Å². The fourth-order valence-corrected chi connectivity index (χ4v) is 2.39. The maximum Gasteiger partial charge on any atom is 0.240 e. The summed E-state index contributed by atoms with van der Waals surface area (Å²) in [6.07, 6.45) is 2.79. The molecule has 1 fully saturated rings. The molecule has 0 aromatic heterocycles. The van der Waals surface area contributed by atoms with Crippen LogP contribution >= 0.6 is 0 Å². The van der Waals surface area contributed by atoms with Crippen molar-refractivity contribution in [2.75, 3.05) is 6.54 Å². The molecular weight excluding hydrogens is 244 g/mol. The van der Waals surface area contributed by atoms with E-state index in [1.807, 2.05) is 0 Å². The molecule has 3 N–H and O–H groups in total. The van der Waals surface area contributed by atoms with Crippen LogP contribution in [0.1, 0.15) is 18.4 Å². The van der Waals surface area contributed by atoms with Gasteiger partial charge in [-0.05, 0) is 37.0 Å². The Bertz CT molecular complexity index is 458. The molecule has 1 aliphatic heterocycles. The quantitative estimate of drug-likeness (QED) is 0.772. The number of amides is 1. The minimum absolute atomic E-state index is 0.178. The zero-order chi connectivity index (χ0) is 13.8. The first-order valence-electron chi connectivity index (χ1n) is 6.41. The van der Waals surface area contributed by atoms with Gasteiger partial charge < -0.3 is 20.5 Å². The first kappa shape index (κ1) is 13.5. The van der Waals surface area contributed by atoms with Gasteiger partial charge in [0.15, 0.2) is 0 Å². The highest BCUT2D eigenvalue weighted by Crippen LogP contribution is 2.17. The second kappa shape index (κ2) is 5.84. The van der Waals surface area contributed by atoms with Crippen LogP contribution in [-0.2, 0) is 16.0 Å². The van der Waals surface area contributed by atoms with Crippen molar-refractivity contribution in [2.45, 2.75) is 31.3 Å². The zero-order valence-corrected chi connectivity index (χ0v) is 10.7. The van der Waals surface area contributed by atoms with Crippen molar-refractivity contribution < 1.29 is 14.7 Å². The highest BCUT2D eigenvalue weighted by atomic mass is 16.3. The summed E-state index contributed by atoms with van der Waals surface area (Å²) in [5.41, 5.74) is 6.80. The van der Waals surface area contributed by atoms with Crippen LogP contribution in [0.15, 0.2) is 24.3 Å². The number of likely N-dealkylation sites (tertiary alicyclic amines) is 1. The van der Waals surface area contributed by atoms with Gasteiger partial charge in [0.05, 0.1) is 12.1 Å². The summed E-state index contributed by atoms with van der Waals surface area (Å²) in [6, 6.07) is 5.64. The van der Waals surface area contributed by atoms with Gasteiger partial charge in [0.2, 0.25) is 5.91 Å². The Hall–Kier alpha value is -1.88. The van der Waals surface area contributed by atoms with Gasteiger partial charge in [-0.15, -0.1) is 0 Å². The minimum atomic E-state index is -0.648. The number of phenols is 1. The average molecular weight is 262 g/mol. The second-order valence-corrected chi connectivity index (χ2v) is 4.85. The molecule has 19 heavy (non-hydrogen) atoms. The Morgan fingerprint density at radius 2 is 2.16 bits per heavy atom. The number of aromatic hydroxyl groups is 1. The number of nitrogens with two attached hydrogens (primary N) is 1. The van der Waals surface area contributed by atoms with Crippen molar-refractivity contribution in [1.29, 1.82) is 0 Å². The number of carbonyl (C=O) groups is 2. The van der Waals surface area contributed by atoms with E-state index in [4.69, 9.17) is 5.73 Å². The number of hydrogen-bond donors (Lipinski definition) is 2. The first-order valence-corrected chi connectivity index (χ1v) is 6.41. The van der Waals surface area contributed by atoms with E-state index in [1.54, 1.807) is 29.2 Å². The lowest BCUT2D eigenvalue weighted by Crippen LogP contribution is -2.47. The summed E-state index contributed by atoms with van der Waals surface area (Å²) in [5.74, 6) is 0.00637. The third-order valence-electron chi connectivity index (χ3n) is 3.45. The summed E-state index contributed by atoms with van der Waals surface area (Å²) in [7, 11) is 0. The molecule has 102 valence electrons. The summed E-state index contributed by atoms with van der Waals surface area (Å²) in [6.45, 7) is 0.603. The SMILES string of the molecule is NC(Cc1ccc(O)cc1)C(=O)N1CCCC1C=O. The topological polar surface area (TPSA) is 83.6 Å². The largest absolute Gasteiger partial charge is 0.508 e. The van der Waals surface area contributed by atoms with E-state index in [9.17, 15) is 14.7 Å². The van der Waals surface area contributed by atoms with E-state index >= 15 is 0 Å². The Labute approximate surface area is 112 Å². The van der Waals surface area contributed by atoms with E-state index in [2.05, 4.69) is 0 Å². The normalized spacial score (nSPS) is 20.3. The Kier molecular flexibility index (Phi) is 4.16. The van der Waals surface area contributed by atoms with Gasteiger partial charge in [0.1, 0.15) is 12.0 Å². The summed E-state index contributed by atoms with van der Waals surface area (Å²) < 4.78 is 0. The third-order valence-corrected chi connectivity index (χ3v) is 3.45. The maximum absolute atomic E-state index is 12.2. The standard InChI is InChI=1S/C14H18N2O3/c15-13(8-10-3-5-12(18)6-4-10)14(19)16-7-1-2-11(16)9-17/h3-6,9,11,13,18H,1-2,7-8,15H2. The molecule has 5 heteroatoms. The van der Waals surface area contributed by atoms with E-state index < -0.39 is 6.04 Å². The summed E-state index contributed by atoms with van der Waals surface area (Å²) in [4.78, 5) is 24.6. The van der Waals surface area contributed by atoms with Gasteiger partial charge >= 0.3 is 0 Å². The number of nitrogens with zero attached hydrogens (tertiary/aromatic N) is 1. The van der Waals surface area contributed by atoms with Crippen molar-refractivity contribution in [2.24, 2.45) is 5.73 Å². The third kappa shape index (κ3) is 3.12. The number of phenolic OH excluding ortho intramolecular Hbond substituents is 1. The Balaban J connectivity index is 1.99. The zero-order valence-electron chi connectivity index (χ0n) is 10.7. The highest BCUT2D eigenvalue weighted by Gasteiger charge is 2.31. The molecular formula is C14H18N2O3. The van der Waals surface area contributed by atoms with Crippen molar-refractivity contribution in [3.63, 3.8) is 0 Å². The van der Waals surface area contributed by atoms with Crippen LogP contribution in [0.25, 0.3) is 0 Å². The van der Waals surface area contributed by atoms with Gasteiger partial charge in [0.25, 0.3) is 0 Å². The fourth-order valence-electron chi connectivity index (χ4n) is 2.39. The minimum Gasteiger partial charge on any atom is -0.508 e. The van der Waals surface area contributed by atoms with Crippen LogP contribution in [0.2, 0.25) is 0 Å². The van der Waals surface area contributed by atoms with Crippen LogP contribution in [0.4, 0.5) is 0 Å². The number of carbonyl (C=O) groups excluding carboxylic acids is 2. The Morgan fingerprint density at radius 3 is 2.79 bits per heavy atom. The van der Waals surface area contributed by atoms with Crippen molar-refractivity contribution >= 4 is 12.2 Å². The van der Waals surface area contributed by atoms with E-state index in [-0.39, 0.29) is 17.7 Å². The lowest BCUT2D eigenvalue weighted by molar-refractivity contribution is -0.135. The molecule has 1 aliphatic rings. The maximum atomic E-state index is 12.2. The number of benzene rings is 1. The average Bonchev–Trinajstić information content (AvgIpc) is 2.88. The molecule has 5 nitrogen and oxygen atoms in total.